The zero-order valence-corrected chi connectivity index (χ0v) is 23.7. The number of pyridine rings is 1. The van der Waals surface area contributed by atoms with Gasteiger partial charge < -0.3 is 9.72 Å². The maximum atomic E-state index is 12.9. The number of fused-ring (bicyclic) bond motifs is 1. The van der Waals surface area contributed by atoms with Crippen LogP contribution in [0.1, 0.15) is 53.9 Å². The number of nitrogens with zero attached hydrogens (tertiary/aromatic N) is 8. The minimum atomic E-state index is -0.369. The molecule has 7 rings (SSSR count). The molecule has 3 aliphatic rings. The first-order valence-electron chi connectivity index (χ1n) is 13.7. The number of imide groups is 1. The van der Waals surface area contributed by atoms with Gasteiger partial charge in [-0.1, -0.05) is 11.6 Å². The van der Waals surface area contributed by atoms with Crippen LogP contribution in [0.5, 0.6) is 0 Å². The van der Waals surface area contributed by atoms with Gasteiger partial charge in [-0.25, -0.2) is 24.7 Å². The van der Waals surface area contributed by atoms with Crippen molar-refractivity contribution in [3.63, 3.8) is 0 Å². The molecule has 4 amide bonds. The topological polar surface area (TPSA) is 151 Å². The van der Waals surface area contributed by atoms with Crippen LogP contribution in [-0.2, 0) is 16.1 Å². The number of rotatable bonds is 8. The highest BCUT2D eigenvalue weighted by atomic mass is 35.5. The normalized spacial score (nSPS) is 20.0. The summed E-state index contributed by atoms with van der Waals surface area (Å²) in [5.41, 5.74) is 3.85. The lowest BCUT2D eigenvalue weighted by Gasteiger charge is -2.17. The SMILES string of the molecule is Cc1ccnc(C2CC2C(=O)Nc2nc(Cl)cc(NCc3cn4cc(C5CC5)cc(N5CC(=O)N(C)C5=O)c4n3)n2)n1. The van der Waals surface area contributed by atoms with E-state index in [1.165, 1.54) is 11.9 Å². The molecule has 4 aromatic heterocycles. The van der Waals surface area contributed by atoms with E-state index in [-0.39, 0.29) is 47.3 Å². The standard InChI is InChI=1S/C28H27ClN10O3/c1-14-5-6-30-24(32-14)18-8-19(18)26(41)36-27-34-21(29)9-22(35-27)31-10-17-12-38-11-16(15-3-4-15)7-20(25(38)33-17)39-13-23(40)37(2)28(39)42/h5-7,9,11-12,15,18-19H,3-4,8,10,13H2,1-2H3,(H2,31,34,35,36,41). The monoisotopic (exact) mass is 586 g/mol. The maximum absolute atomic E-state index is 12.9. The highest BCUT2D eigenvalue weighted by Crippen LogP contribution is 2.46. The van der Waals surface area contributed by atoms with Crippen molar-refractivity contribution in [3.05, 3.63) is 64.7 Å². The molecular weight excluding hydrogens is 560 g/mol. The Hall–Kier alpha value is -4.65. The Balaban J connectivity index is 1.07. The van der Waals surface area contributed by atoms with E-state index in [2.05, 4.69) is 30.6 Å². The maximum Gasteiger partial charge on any atom is 0.331 e. The number of nitrogens with one attached hydrogen (secondary N) is 2. The van der Waals surface area contributed by atoms with Gasteiger partial charge in [0.15, 0.2) is 5.65 Å². The third-order valence-electron chi connectivity index (χ3n) is 7.78. The van der Waals surface area contributed by atoms with E-state index >= 15 is 0 Å². The third kappa shape index (κ3) is 5.00. The number of amides is 4. The molecule has 0 spiro atoms. The molecule has 2 N–H and O–H groups in total. The number of anilines is 3. The van der Waals surface area contributed by atoms with E-state index in [4.69, 9.17) is 16.6 Å². The zero-order valence-electron chi connectivity index (χ0n) is 22.9. The Morgan fingerprint density at radius 2 is 1.95 bits per heavy atom. The molecule has 42 heavy (non-hydrogen) atoms. The van der Waals surface area contributed by atoms with E-state index in [0.29, 0.717) is 47.6 Å². The number of likely N-dealkylation sites (N-methyl/N-ethyl adjacent to an activating group) is 1. The second-order valence-corrected chi connectivity index (χ2v) is 11.4. The number of halogens is 1. The number of imidazole rings is 1. The largest absolute Gasteiger partial charge is 0.364 e. The Kier molecular flexibility index (Phi) is 6.26. The van der Waals surface area contributed by atoms with Crippen LogP contribution >= 0.6 is 11.6 Å². The third-order valence-corrected chi connectivity index (χ3v) is 7.97. The van der Waals surface area contributed by atoms with Gasteiger partial charge in [0, 0.05) is 49.2 Å². The van der Waals surface area contributed by atoms with Gasteiger partial charge >= 0.3 is 6.03 Å². The number of aromatic nitrogens is 6. The summed E-state index contributed by atoms with van der Waals surface area (Å²) in [5.74, 6) is 0.863. The van der Waals surface area contributed by atoms with Gasteiger partial charge in [0.2, 0.25) is 17.8 Å². The van der Waals surface area contributed by atoms with Crippen molar-refractivity contribution in [2.45, 2.75) is 44.6 Å². The molecule has 0 radical (unpaired) electrons. The van der Waals surface area contributed by atoms with Crippen LogP contribution in [0, 0.1) is 12.8 Å². The van der Waals surface area contributed by atoms with Gasteiger partial charge in [-0.3, -0.25) is 24.7 Å². The lowest BCUT2D eigenvalue weighted by atomic mass is 10.1. The second-order valence-electron chi connectivity index (χ2n) is 11.0. The van der Waals surface area contributed by atoms with Crippen LogP contribution in [0.2, 0.25) is 5.15 Å². The van der Waals surface area contributed by atoms with Crippen LogP contribution in [0.15, 0.2) is 36.8 Å². The minimum Gasteiger partial charge on any atom is -0.364 e. The summed E-state index contributed by atoms with van der Waals surface area (Å²) in [6, 6.07) is 4.98. The Bertz CT molecular complexity index is 1770. The smallest absolute Gasteiger partial charge is 0.331 e. The molecular formula is C28H27ClN10O3. The van der Waals surface area contributed by atoms with Gasteiger partial charge in [0.25, 0.3) is 0 Å². The van der Waals surface area contributed by atoms with Crippen LogP contribution < -0.4 is 15.5 Å². The van der Waals surface area contributed by atoms with E-state index in [9.17, 15) is 14.4 Å². The van der Waals surface area contributed by atoms with E-state index in [0.717, 1.165) is 29.0 Å². The number of hydrogen-bond acceptors (Lipinski definition) is 9. The first kappa shape index (κ1) is 26.3. The van der Waals surface area contributed by atoms with E-state index < -0.39 is 0 Å². The van der Waals surface area contributed by atoms with Crippen molar-refractivity contribution in [1.29, 1.82) is 0 Å². The Morgan fingerprint density at radius 3 is 2.69 bits per heavy atom. The van der Waals surface area contributed by atoms with Gasteiger partial charge in [-0.2, -0.15) is 4.98 Å². The summed E-state index contributed by atoms with van der Waals surface area (Å²) in [5, 5.41) is 6.13. The highest BCUT2D eigenvalue weighted by Gasteiger charge is 2.46. The molecule has 1 aliphatic heterocycles. The molecule has 2 unspecified atom stereocenters. The molecule has 13 nitrogen and oxygen atoms in total. The Morgan fingerprint density at radius 1 is 1.12 bits per heavy atom. The van der Waals surface area contributed by atoms with Crippen molar-refractivity contribution in [3.8, 4) is 0 Å². The molecule has 4 aromatic rings. The van der Waals surface area contributed by atoms with Crippen molar-refractivity contribution in [1.82, 2.24) is 34.2 Å². The highest BCUT2D eigenvalue weighted by molar-refractivity contribution is 6.29. The summed E-state index contributed by atoms with van der Waals surface area (Å²) in [6.45, 7) is 2.17. The van der Waals surface area contributed by atoms with Crippen LogP contribution in [-0.4, -0.2) is 65.7 Å². The predicted octanol–water partition coefficient (Wildman–Crippen LogP) is 3.51. The number of urea groups is 1. The predicted molar refractivity (Wildman–Crippen MR) is 153 cm³/mol. The van der Waals surface area contributed by atoms with Gasteiger partial charge in [0.05, 0.1) is 17.9 Å². The molecule has 5 heterocycles. The lowest BCUT2D eigenvalue weighted by molar-refractivity contribution is -0.124. The van der Waals surface area contributed by atoms with Gasteiger partial charge in [-0.15, -0.1) is 0 Å². The van der Waals surface area contributed by atoms with E-state index in [1.54, 1.807) is 12.3 Å². The van der Waals surface area contributed by atoms with Gasteiger partial charge in [0.1, 0.15) is 23.3 Å². The first-order valence-corrected chi connectivity index (χ1v) is 14.1. The fourth-order valence-electron chi connectivity index (χ4n) is 5.23. The molecule has 2 aliphatic carbocycles. The number of hydrogen-bond donors (Lipinski definition) is 2. The summed E-state index contributed by atoms with van der Waals surface area (Å²) < 4.78 is 1.90. The zero-order chi connectivity index (χ0) is 29.1. The molecule has 0 aromatic carbocycles. The van der Waals surface area contributed by atoms with Crippen molar-refractivity contribution < 1.29 is 14.4 Å². The summed E-state index contributed by atoms with van der Waals surface area (Å²) in [6.07, 6.45) is 8.46. The van der Waals surface area contributed by atoms with Crippen LogP contribution in [0.4, 0.5) is 22.2 Å². The Labute approximate surface area is 245 Å². The van der Waals surface area contributed by atoms with Crippen molar-refractivity contribution in [2.75, 3.05) is 29.1 Å². The average molecular weight is 587 g/mol. The average Bonchev–Trinajstić information content (AvgIpc) is 3.88. The number of carbonyl (C=O) groups excluding carboxylic acids is 3. The molecule has 2 atom stereocenters. The fourth-order valence-corrected chi connectivity index (χ4v) is 5.41. The molecule has 2 saturated carbocycles. The molecule has 14 heteroatoms. The summed E-state index contributed by atoms with van der Waals surface area (Å²) >= 11 is 6.25. The number of aryl methyl sites for hydroxylation is 1. The summed E-state index contributed by atoms with van der Waals surface area (Å²) in [4.78, 5) is 62.5. The van der Waals surface area contributed by atoms with Crippen LogP contribution in [0.25, 0.3) is 5.65 Å². The quantitative estimate of drug-likeness (QED) is 0.233. The summed E-state index contributed by atoms with van der Waals surface area (Å²) in [7, 11) is 1.48. The van der Waals surface area contributed by atoms with Crippen LogP contribution in [0.3, 0.4) is 0 Å². The van der Waals surface area contributed by atoms with E-state index in [1.807, 2.05) is 35.9 Å². The lowest BCUT2D eigenvalue weighted by Crippen LogP contribution is -2.30. The second kappa shape index (κ2) is 10.0. The molecule has 1 saturated heterocycles. The van der Waals surface area contributed by atoms with Crippen molar-refractivity contribution >= 4 is 52.5 Å². The molecule has 3 fully saturated rings. The fraction of sp³-hybridized carbons (Fsp3) is 0.357. The van der Waals surface area contributed by atoms with Gasteiger partial charge in [-0.05, 0) is 49.8 Å². The first-order chi connectivity index (χ1) is 20.2. The molecule has 214 valence electrons. The number of carbonyl (C=O) groups is 3. The molecule has 0 bridgehead atoms. The van der Waals surface area contributed by atoms with Crippen molar-refractivity contribution in [2.24, 2.45) is 5.92 Å². The minimum absolute atomic E-state index is 0.0207.